The van der Waals surface area contributed by atoms with E-state index in [2.05, 4.69) is 27.8 Å². The van der Waals surface area contributed by atoms with Crippen LogP contribution in [-0.4, -0.2) is 84.3 Å². The number of alkyl carbamates (subject to hydrolysis) is 2. The Morgan fingerprint density at radius 1 is 0.646 bits per heavy atom. The van der Waals surface area contributed by atoms with E-state index in [9.17, 15) is 28.8 Å². The first-order valence-electron chi connectivity index (χ1n) is 21.0. The molecule has 0 saturated heterocycles. The van der Waals surface area contributed by atoms with Gasteiger partial charge in [-0.15, -0.1) is 11.8 Å². The van der Waals surface area contributed by atoms with E-state index in [1.807, 2.05) is 91.0 Å². The van der Waals surface area contributed by atoms with Crippen LogP contribution in [0.5, 0.6) is 5.75 Å². The molecule has 3 unspecified atom stereocenters. The standard InChI is InChI=1S/C49H59N5O10S/c1-8-30-61-43(57)39(54-46(60)64-48(5,6)7)31-33-24-26-37(27-25-33)62-44(58)51-29-28-38(53-45(59)63-47(2,3)4)42(56)52-40(41(50)55)32-65-49(34-18-12-9-13-19-34,35-20-14-10-15-21-35)36-22-16-11-17-23-36/h8-27,38-40H,1,28-32H2,2-7H3,(H2,50,55)(H,51,58)(H,52,56)(H,53,59)(H,54,60). The second-order valence-electron chi connectivity index (χ2n) is 16.8. The van der Waals surface area contributed by atoms with Crippen molar-refractivity contribution in [3.05, 3.63) is 150 Å². The number of carbonyl (C=O) groups excluding carboxylic acids is 6. The van der Waals surface area contributed by atoms with E-state index in [4.69, 9.17) is 24.7 Å². The lowest BCUT2D eigenvalue weighted by atomic mass is 9.84. The first-order chi connectivity index (χ1) is 30.8. The van der Waals surface area contributed by atoms with Crippen molar-refractivity contribution in [1.82, 2.24) is 21.3 Å². The second-order valence-corrected chi connectivity index (χ2v) is 18.1. The third-order valence-corrected chi connectivity index (χ3v) is 10.9. The Morgan fingerprint density at radius 3 is 1.57 bits per heavy atom. The van der Waals surface area contributed by atoms with E-state index in [0.717, 1.165) is 16.7 Å². The van der Waals surface area contributed by atoms with Gasteiger partial charge in [0.15, 0.2) is 0 Å². The highest BCUT2D eigenvalue weighted by Gasteiger charge is 2.39. The lowest BCUT2D eigenvalue weighted by Gasteiger charge is -2.36. The molecule has 0 radical (unpaired) electrons. The molecule has 6 N–H and O–H groups in total. The van der Waals surface area contributed by atoms with Gasteiger partial charge in [0.1, 0.15) is 41.7 Å². The minimum absolute atomic E-state index is 0.0407. The molecule has 16 heteroatoms. The van der Waals surface area contributed by atoms with Crippen molar-refractivity contribution in [2.75, 3.05) is 18.9 Å². The Bertz CT molecular complexity index is 2120. The molecule has 0 bridgehead atoms. The number of benzene rings is 4. The molecule has 4 rings (SSSR count). The number of thioether (sulfide) groups is 1. The van der Waals surface area contributed by atoms with Crippen LogP contribution in [-0.2, 0) is 39.8 Å². The fraction of sp³-hybridized carbons (Fsp3) is 0.347. The Hall–Kier alpha value is -6.81. The normalized spacial score (nSPS) is 12.8. The number of esters is 1. The van der Waals surface area contributed by atoms with Crippen molar-refractivity contribution in [2.24, 2.45) is 5.73 Å². The van der Waals surface area contributed by atoms with Crippen molar-refractivity contribution < 1.29 is 47.7 Å². The number of hydrogen-bond acceptors (Lipinski definition) is 11. The van der Waals surface area contributed by atoms with E-state index in [-0.39, 0.29) is 37.5 Å². The zero-order valence-electron chi connectivity index (χ0n) is 37.6. The number of nitrogens with two attached hydrogens (primary N) is 1. The average Bonchev–Trinajstić information content (AvgIpc) is 3.25. The predicted molar refractivity (Wildman–Crippen MR) is 249 cm³/mol. The molecule has 0 aromatic heterocycles. The molecule has 4 aromatic carbocycles. The molecule has 0 saturated carbocycles. The highest BCUT2D eigenvalue weighted by Crippen LogP contribution is 2.48. The Labute approximate surface area is 384 Å². The summed E-state index contributed by atoms with van der Waals surface area (Å²) in [5.74, 6) is -2.02. The summed E-state index contributed by atoms with van der Waals surface area (Å²) in [6, 6.07) is 32.1. The highest BCUT2D eigenvalue weighted by molar-refractivity contribution is 8.00. The van der Waals surface area contributed by atoms with Crippen molar-refractivity contribution in [2.45, 2.75) is 88.5 Å². The van der Waals surface area contributed by atoms with Gasteiger partial charge in [-0.2, -0.15) is 0 Å². The molecular weight excluding hydrogens is 851 g/mol. The van der Waals surface area contributed by atoms with E-state index in [0.29, 0.717) is 5.56 Å². The van der Waals surface area contributed by atoms with Crippen LogP contribution in [0.4, 0.5) is 14.4 Å². The molecule has 0 aliphatic rings. The molecule has 346 valence electrons. The number of nitrogens with one attached hydrogen (secondary N) is 4. The Morgan fingerprint density at radius 2 is 1.12 bits per heavy atom. The number of hydrogen-bond donors (Lipinski definition) is 5. The third kappa shape index (κ3) is 16.4. The summed E-state index contributed by atoms with van der Waals surface area (Å²) in [4.78, 5) is 78.1. The lowest BCUT2D eigenvalue weighted by molar-refractivity contribution is -0.144. The summed E-state index contributed by atoms with van der Waals surface area (Å²) >= 11 is 1.43. The monoisotopic (exact) mass is 909 g/mol. The van der Waals surface area contributed by atoms with Gasteiger partial charge >= 0.3 is 24.2 Å². The fourth-order valence-electron chi connectivity index (χ4n) is 6.44. The molecule has 0 aliphatic carbocycles. The summed E-state index contributed by atoms with van der Waals surface area (Å²) < 4.78 is 20.5. The number of amides is 5. The van der Waals surface area contributed by atoms with Crippen molar-refractivity contribution in [3.63, 3.8) is 0 Å². The fourth-order valence-corrected chi connectivity index (χ4v) is 8.01. The summed E-state index contributed by atoms with van der Waals surface area (Å²) in [6.45, 7) is 13.4. The van der Waals surface area contributed by atoms with Gasteiger partial charge in [0.25, 0.3) is 0 Å². The lowest BCUT2D eigenvalue weighted by Crippen LogP contribution is -2.55. The van der Waals surface area contributed by atoms with Crippen LogP contribution in [0, 0.1) is 0 Å². The first-order valence-corrected chi connectivity index (χ1v) is 22.0. The first kappa shape index (κ1) is 50.8. The van der Waals surface area contributed by atoms with Crippen LogP contribution in [0.15, 0.2) is 128 Å². The number of primary amides is 1. The maximum atomic E-state index is 14.0. The molecule has 0 spiro atoms. The van der Waals surface area contributed by atoms with Crippen LogP contribution in [0.1, 0.15) is 70.2 Å². The molecule has 0 heterocycles. The van der Waals surface area contributed by atoms with Gasteiger partial charge in [-0.05, 0) is 82.3 Å². The average molecular weight is 910 g/mol. The number of ether oxygens (including phenoxy) is 4. The van der Waals surface area contributed by atoms with E-state index in [1.165, 1.54) is 30.0 Å². The van der Waals surface area contributed by atoms with Crippen LogP contribution in [0.25, 0.3) is 0 Å². The molecule has 5 amide bonds. The minimum atomic E-state index is -1.28. The largest absolute Gasteiger partial charge is 0.460 e. The third-order valence-electron chi connectivity index (χ3n) is 9.27. The summed E-state index contributed by atoms with van der Waals surface area (Å²) in [5.41, 5.74) is 7.68. The SMILES string of the molecule is C=CCOC(=O)C(Cc1ccc(OC(=O)NCCC(NC(=O)OC(C)(C)C)C(=O)NC(CSC(c2ccccc2)(c2ccccc2)c2ccccc2)C(N)=O)cc1)NC(=O)OC(C)(C)C. The van der Waals surface area contributed by atoms with Gasteiger partial charge in [-0.25, -0.2) is 19.2 Å². The van der Waals surface area contributed by atoms with Crippen molar-refractivity contribution in [1.29, 1.82) is 0 Å². The summed E-state index contributed by atoms with van der Waals surface area (Å²) in [6.07, 6.45) is -1.24. The number of rotatable bonds is 20. The van der Waals surface area contributed by atoms with Crippen LogP contribution in [0.3, 0.4) is 0 Å². The van der Waals surface area contributed by atoms with Crippen LogP contribution < -0.4 is 31.7 Å². The Balaban J connectivity index is 1.45. The van der Waals surface area contributed by atoms with Crippen molar-refractivity contribution >= 4 is 47.8 Å². The number of carbonyl (C=O) groups is 6. The molecule has 15 nitrogen and oxygen atoms in total. The zero-order valence-corrected chi connectivity index (χ0v) is 38.4. The van der Waals surface area contributed by atoms with Crippen LogP contribution >= 0.6 is 11.8 Å². The quantitative estimate of drug-likeness (QED) is 0.0266. The van der Waals surface area contributed by atoms with Gasteiger partial charge < -0.3 is 45.9 Å². The van der Waals surface area contributed by atoms with E-state index >= 15 is 0 Å². The van der Waals surface area contributed by atoms with Crippen LogP contribution in [0.2, 0.25) is 0 Å². The maximum absolute atomic E-state index is 14.0. The molecule has 65 heavy (non-hydrogen) atoms. The van der Waals surface area contributed by atoms with Gasteiger partial charge in [0.2, 0.25) is 11.8 Å². The summed E-state index contributed by atoms with van der Waals surface area (Å²) in [7, 11) is 0. The summed E-state index contributed by atoms with van der Waals surface area (Å²) in [5, 5.41) is 10.4. The molecule has 0 fully saturated rings. The van der Waals surface area contributed by atoms with E-state index < -0.39 is 70.1 Å². The topological polar surface area (TPSA) is 213 Å². The van der Waals surface area contributed by atoms with E-state index in [1.54, 1.807) is 53.7 Å². The van der Waals surface area contributed by atoms with Gasteiger partial charge in [-0.3, -0.25) is 9.59 Å². The maximum Gasteiger partial charge on any atom is 0.412 e. The second kappa shape index (κ2) is 23.8. The molecule has 3 atom stereocenters. The molecule has 4 aromatic rings. The molecule has 0 aliphatic heterocycles. The predicted octanol–water partition coefficient (Wildman–Crippen LogP) is 6.92. The minimum Gasteiger partial charge on any atom is -0.460 e. The Kier molecular flexibility index (Phi) is 18.6. The van der Waals surface area contributed by atoms with Gasteiger partial charge in [-0.1, -0.05) is 116 Å². The smallest absolute Gasteiger partial charge is 0.412 e. The zero-order chi connectivity index (χ0) is 47.6. The highest BCUT2D eigenvalue weighted by atomic mass is 32.2. The molecular formula is C49H59N5O10S. The van der Waals surface area contributed by atoms with Gasteiger partial charge in [0, 0.05) is 18.7 Å². The van der Waals surface area contributed by atoms with Crippen molar-refractivity contribution in [3.8, 4) is 5.75 Å². The van der Waals surface area contributed by atoms with Gasteiger partial charge in [0.05, 0.1) is 4.75 Å².